The molecule has 0 aliphatic rings. The third-order valence-electron chi connectivity index (χ3n) is 1.88. The zero-order valence-electron chi connectivity index (χ0n) is 7.86. The van der Waals surface area contributed by atoms with Gasteiger partial charge in [0.2, 0.25) is 0 Å². The maximum Gasteiger partial charge on any atom is 0.0931 e. The van der Waals surface area contributed by atoms with Crippen molar-refractivity contribution < 1.29 is 0 Å². The predicted octanol–water partition coefficient (Wildman–Crippen LogP) is 2.98. The average molecular weight is 307 g/mol. The zero-order chi connectivity index (χ0) is 10.7. The van der Waals surface area contributed by atoms with E-state index in [1.165, 1.54) is 4.88 Å². The van der Waals surface area contributed by atoms with E-state index in [-0.39, 0.29) is 0 Å². The van der Waals surface area contributed by atoms with E-state index < -0.39 is 0 Å². The van der Waals surface area contributed by atoms with Crippen LogP contribution in [0.4, 0.5) is 0 Å². The number of hydrogen-bond acceptors (Lipinski definition) is 3. The second-order valence-electron chi connectivity index (χ2n) is 3.05. The van der Waals surface area contributed by atoms with Crippen molar-refractivity contribution in [2.45, 2.75) is 13.0 Å². The van der Waals surface area contributed by atoms with Gasteiger partial charge in [0.15, 0.2) is 0 Å². The van der Waals surface area contributed by atoms with E-state index in [4.69, 9.17) is 11.6 Å². The molecule has 0 aliphatic heterocycles. The Bertz CT molecular complexity index is 440. The molecule has 0 bridgehead atoms. The summed E-state index contributed by atoms with van der Waals surface area (Å²) in [6.07, 6.45) is 2.88. The van der Waals surface area contributed by atoms with Gasteiger partial charge in [-0.15, -0.1) is 16.4 Å². The number of hydrogen-bond donors (Lipinski definition) is 0. The number of thiophene rings is 1. The van der Waals surface area contributed by atoms with Crippen molar-refractivity contribution >= 4 is 38.9 Å². The molecule has 0 unspecified atom stereocenters. The highest BCUT2D eigenvalue weighted by molar-refractivity contribution is 9.09. The Morgan fingerprint density at radius 1 is 1.47 bits per heavy atom. The molecule has 0 saturated heterocycles. The highest BCUT2D eigenvalue weighted by atomic mass is 79.9. The van der Waals surface area contributed by atoms with Crippen LogP contribution < -0.4 is 0 Å². The summed E-state index contributed by atoms with van der Waals surface area (Å²) in [6.45, 7) is 0.743. The van der Waals surface area contributed by atoms with Crippen LogP contribution in [0.3, 0.4) is 0 Å². The molecule has 0 aromatic carbocycles. The van der Waals surface area contributed by atoms with Crippen molar-refractivity contribution in [3.63, 3.8) is 0 Å². The molecule has 80 valence electrons. The summed E-state index contributed by atoms with van der Waals surface area (Å²) in [6, 6.07) is 3.91. The fourth-order valence-corrected chi connectivity index (χ4v) is 2.71. The van der Waals surface area contributed by atoms with E-state index in [1.807, 2.05) is 23.0 Å². The first-order chi connectivity index (χ1) is 7.28. The standard InChI is InChI=1S/C9H9BrClN3S/c10-4-3-7-5-14(13-12-7)6-8-1-2-9(11)15-8/h1-2,5H,3-4,6H2. The van der Waals surface area contributed by atoms with Crippen molar-refractivity contribution in [3.05, 3.63) is 33.2 Å². The van der Waals surface area contributed by atoms with Crippen molar-refractivity contribution in [2.24, 2.45) is 0 Å². The Kier molecular flexibility index (Phi) is 3.77. The summed E-state index contributed by atoms with van der Waals surface area (Å²) in [5, 5.41) is 9.03. The Labute approximate surface area is 105 Å². The number of halogens is 2. The van der Waals surface area contributed by atoms with Gasteiger partial charge in [-0.1, -0.05) is 32.7 Å². The van der Waals surface area contributed by atoms with E-state index in [0.29, 0.717) is 0 Å². The van der Waals surface area contributed by atoms with Crippen molar-refractivity contribution in [3.8, 4) is 0 Å². The molecule has 0 saturated carbocycles. The lowest BCUT2D eigenvalue weighted by Gasteiger charge is -1.94. The fourth-order valence-electron chi connectivity index (χ4n) is 1.22. The van der Waals surface area contributed by atoms with Crippen molar-refractivity contribution in [2.75, 3.05) is 5.33 Å². The molecule has 0 atom stereocenters. The van der Waals surface area contributed by atoms with Crippen LogP contribution in [-0.2, 0) is 13.0 Å². The van der Waals surface area contributed by atoms with Crippen LogP contribution in [0.25, 0.3) is 0 Å². The molecule has 6 heteroatoms. The minimum absolute atomic E-state index is 0.743. The zero-order valence-corrected chi connectivity index (χ0v) is 11.0. The van der Waals surface area contributed by atoms with Crippen molar-refractivity contribution in [1.82, 2.24) is 15.0 Å². The summed E-state index contributed by atoms with van der Waals surface area (Å²) in [5.74, 6) is 0. The summed E-state index contributed by atoms with van der Waals surface area (Å²) < 4.78 is 2.64. The molecule has 2 rings (SSSR count). The fraction of sp³-hybridized carbons (Fsp3) is 0.333. The molecule has 0 amide bonds. The normalized spacial score (nSPS) is 10.8. The lowest BCUT2D eigenvalue weighted by molar-refractivity contribution is 0.655. The first kappa shape index (κ1) is 11.1. The van der Waals surface area contributed by atoms with Crippen LogP contribution in [0.2, 0.25) is 4.34 Å². The largest absolute Gasteiger partial charge is 0.247 e. The molecule has 0 fully saturated rings. The second-order valence-corrected chi connectivity index (χ2v) is 5.64. The summed E-state index contributed by atoms with van der Waals surface area (Å²) in [5.41, 5.74) is 1.01. The van der Waals surface area contributed by atoms with Gasteiger partial charge in [0.1, 0.15) is 0 Å². The molecule has 3 nitrogen and oxygen atoms in total. The maximum absolute atomic E-state index is 5.85. The van der Waals surface area contributed by atoms with Crippen LogP contribution in [0, 0.1) is 0 Å². The van der Waals surface area contributed by atoms with E-state index >= 15 is 0 Å². The first-order valence-corrected chi connectivity index (χ1v) is 6.78. The molecular weight excluding hydrogens is 298 g/mol. The first-order valence-electron chi connectivity index (χ1n) is 4.47. The average Bonchev–Trinajstić information content (AvgIpc) is 2.78. The molecule has 2 aromatic rings. The SMILES string of the molecule is Clc1ccc(Cn2cc(CCBr)nn2)s1. The van der Waals surface area contributed by atoms with Crippen LogP contribution in [0.1, 0.15) is 10.6 Å². The monoisotopic (exact) mass is 305 g/mol. The summed E-state index contributed by atoms with van der Waals surface area (Å²) in [4.78, 5) is 1.19. The predicted molar refractivity (Wildman–Crippen MR) is 66.0 cm³/mol. The van der Waals surface area contributed by atoms with Crippen LogP contribution >= 0.6 is 38.9 Å². The molecule has 2 heterocycles. The molecular formula is C9H9BrClN3S. The lowest BCUT2D eigenvalue weighted by Crippen LogP contribution is -1.98. The van der Waals surface area contributed by atoms with Crippen LogP contribution in [0.5, 0.6) is 0 Å². The third kappa shape index (κ3) is 3.03. The van der Waals surface area contributed by atoms with Gasteiger partial charge in [-0.3, -0.25) is 0 Å². The minimum atomic E-state index is 0.743. The lowest BCUT2D eigenvalue weighted by atomic mass is 10.4. The summed E-state index contributed by atoms with van der Waals surface area (Å²) >= 11 is 10.8. The van der Waals surface area contributed by atoms with Gasteiger partial charge in [0.25, 0.3) is 0 Å². The smallest absolute Gasteiger partial charge is 0.0931 e. The van der Waals surface area contributed by atoms with Crippen LogP contribution in [0.15, 0.2) is 18.3 Å². The quantitative estimate of drug-likeness (QED) is 0.813. The number of alkyl halides is 1. The van der Waals surface area contributed by atoms with Crippen LogP contribution in [-0.4, -0.2) is 20.3 Å². The Balaban J connectivity index is 2.04. The molecule has 2 aromatic heterocycles. The van der Waals surface area contributed by atoms with Gasteiger partial charge in [0, 0.05) is 22.8 Å². The Morgan fingerprint density at radius 3 is 3.00 bits per heavy atom. The highest BCUT2D eigenvalue weighted by Gasteiger charge is 2.02. The van der Waals surface area contributed by atoms with Gasteiger partial charge in [-0.05, 0) is 12.1 Å². The number of rotatable bonds is 4. The van der Waals surface area contributed by atoms with Gasteiger partial charge >= 0.3 is 0 Å². The molecule has 0 radical (unpaired) electrons. The molecule has 0 aliphatic carbocycles. The van der Waals surface area contributed by atoms with Gasteiger partial charge in [0.05, 0.1) is 16.6 Å². The molecule has 0 N–H and O–H groups in total. The molecule has 0 spiro atoms. The minimum Gasteiger partial charge on any atom is -0.247 e. The third-order valence-corrected chi connectivity index (χ3v) is 3.50. The molecule has 15 heavy (non-hydrogen) atoms. The van der Waals surface area contributed by atoms with E-state index in [9.17, 15) is 0 Å². The van der Waals surface area contributed by atoms with Gasteiger partial charge in [-0.25, -0.2) is 4.68 Å². The van der Waals surface area contributed by atoms with Gasteiger partial charge in [-0.2, -0.15) is 0 Å². The number of aryl methyl sites for hydroxylation is 1. The number of nitrogens with zero attached hydrogens (tertiary/aromatic N) is 3. The number of aromatic nitrogens is 3. The van der Waals surface area contributed by atoms with E-state index in [1.54, 1.807) is 11.3 Å². The van der Waals surface area contributed by atoms with Gasteiger partial charge < -0.3 is 0 Å². The van der Waals surface area contributed by atoms with E-state index in [0.717, 1.165) is 28.3 Å². The highest BCUT2D eigenvalue weighted by Crippen LogP contribution is 2.21. The summed E-state index contributed by atoms with van der Waals surface area (Å²) in [7, 11) is 0. The maximum atomic E-state index is 5.85. The second kappa shape index (κ2) is 5.09. The Hall–Kier alpha value is -0.390. The van der Waals surface area contributed by atoms with Crippen molar-refractivity contribution in [1.29, 1.82) is 0 Å². The Morgan fingerprint density at radius 2 is 2.33 bits per heavy atom. The topological polar surface area (TPSA) is 30.7 Å². The van der Waals surface area contributed by atoms with E-state index in [2.05, 4.69) is 26.2 Å².